The molecular weight excluding hydrogens is 288 g/mol. The van der Waals surface area contributed by atoms with Crippen LogP contribution in [0.5, 0.6) is 0 Å². The Balaban J connectivity index is 2.86. The molecule has 0 radical (unpaired) electrons. The maximum atomic E-state index is 12.3. The minimum Gasteiger partial charge on any atom is -0.395 e. The van der Waals surface area contributed by atoms with Gasteiger partial charge in [0, 0.05) is 25.1 Å². The van der Waals surface area contributed by atoms with Crippen LogP contribution in [0.4, 0.5) is 0 Å². The second-order valence-electron chi connectivity index (χ2n) is 4.57. The zero-order chi connectivity index (χ0) is 15.7. The molecule has 0 fully saturated rings. The van der Waals surface area contributed by atoms with E-state index in [0.29, 0.717) is 25.1 Å². The second kappa shape index (κ2) is 8.80. The number of benzene rings is 1. The maximum Gasteiger partial charge on any atom is 0.241 e. The van der Waals surface area contributed by atoms with Gasteiger partial charge in [-0.05, 0) is 25.7 Å². The van der Waals surface area contributed by atoms with Gasteiger partial charge in [0.25, 0.3) is 0 Å². The van der Waals surface area contributed by atoms with Gasteiger partial charge in [0.1, 0.15) is 0 Å². The standard InChI is InChI=1S/C15H22N2O3S/c1-3-17(2)12-11-16-21(19,20)15-10-5-4-8-14(15)9-6-7-13-18/h4-5,8,10,16,18H,3,7,11-13H2,1-2H3. The SMILES string of the molecule is CCN(C)CCNS(=O)(=O)c1ccccc1C#CCCO. The molecule has 0 aliphatic carbocycles. The summed E-state index contributed by atoms with van der Waals surface area (Å²) in [6, 6.07) is 6.61. The third kappa shape index (κ3) is 5.86. The summed E-state index contributed by atoms with van der Waals surface area (Å²) >= 11 is 0. The number of nitrogens with zero attached hydrogens (tertiary/aromatic N) is 1. The molecule has 0 heterocycles. The smallest absolute Gasteiger partial charge is 0.241 e. The number of likely N-dealkylation sites (N-methyl/N-ethyl adjacent to an activating group) is 1. The van der Waals surface area contributed by atoms with E-state index in [1.54, 1.807) is 18.2 Å². The van der Waals surface area contributed by atoms with Crippen molar-refractivity contribution in [1.29, 1.82) is 0 Å². The molecule has 2 N–H and O–H groups in total. The van der Waals surface area contributed by atoms with Crippen LogP contribution < -0.4 is 4.72 Å². The molecular formula is C15H22N2O3S. The van der Waals surface area contributed by atoms with E-state index in [2.05, 4.69) is 16.6 Å². The van der Waals surface area contributed by atoms with Crippen LogP contribution in [-0.2, 0) is 10.0 Å². The van der Waals surface area contributed by atoms with E-state index < -0.39 is 10.0 Å². The summed E-state index contributed by atoms with van der Waals surface area (Å²) in [5.74, 6) is 5.54. The van der Waals surface area contributed by atoms with E-state index in [4.69, 9.17) is 5.11 Å². The van der Waals surface area contributed by atoms with Gasteiger partial charge in [0.15, 0.2) is 0 Å². The maximum absolute atomic E-state index is 12.3. The molecule has 0 aliphatic rings. The van der Waals surface area contributed by atoms with Crippen molar-refractivity contribution in [2.75, 3.05) is 33.3 Å². The number of rotatable bonds is 7. The van der Waals surface area contributed by atoms with Crippen LogP contribution in [0.1, 0.15) is 18.9 Å². The van der Waals surface area contributed by atoms with Gasteiger partial charge in [0.05, 0.1) is 11.5 Å². The van der Waals surface area contributed by atoms with Crippen molar-refractivity contribution < 1.29 is 13.5 Å². The normalized spacial score (nSPS) is 11.2. The first-order valence-corrected chi connectivity index (χ1v) is 8.36. The van der Waals surface area contributed by atoms with Gasteiger partial charge in [-0.25, -0.2) is 13.1 Å². The topological polar surface area (TPSA) is 69.6 Å². The Morgan fingerprint density at radius 3 is 2.71 bits per heavy atom. The zero-order valence-corrected chi connectivity index (χ0v) is 13.3. The van der Waals surface area contributed by atoms with Crippen molar-refractivity contribution in [2.45, 2.75) is 18.2 Å². The molecule has 0 saturated carbocycles. The average molecular weight is 310 g/mol. The number of nitrogens with one attached hydrogen (secondary N) is 1. The molecule has 0 amide bonds. The van der Waals surface area contributed by atoms with E-state index in [1.165, 1.54) is 6.07 Å². The Bertz CT molecular complexity index is 603. The summed E-state index contributed by atoms with van der Waals surface area (Å²) in [4.78, 5) is 2.20. The fourth-order valence-electron chi connectivity index (χ4n) is 1.62. The highest BCUT2D eigenvalue weighted by Crippen LogP contribution is 2.14. The van der Waals surface area contributed by atoms with Crippen LogP contribution in [0, 0.1) is 11.8 Å². The van der Waals surface area contributed by atoms with E-state index in [9.17, 15) is 8.42 Å². The van der Waals surface area contributed by atoms with E-state index >= 15 is 0 Å². The van der Waals surface area contributed by atoms with E-state index in [1.807, 2.05) is 18.9 Å². The number of aliphatic hydroxyl groups excluding tert-OH is 1. The molecule has 1 aromatic rings. The summed E-state index contributed by atoms with van der Waals surface area (Å²) in [5.41, 5.74) is 0.447. The minimum atomic E-state index is -3.57. The number of hydrogen-bond donors (Lipinski definition) is 2. The monoisotopic (exact) mass is 310 g/mol. The molecule has 0 spiro atoms. The Kier molecular flexibility index (Phi) is 7.40. The lowest BCUT2D eigenvalue weighted by molar-refractivity contribution is 0.305. The van der Waals surface area contributed by atoms with Crippen LogP contribution in [0.2, 0.25) is 0 Å². The summed E-state index contributed by atoms with van der Waals surface area (Å²) in [5, 5.41) is 8.73. The van der Waals surface area contributed by atoms with Gasteiger partial charge in [-0.2, -0.15) is 0 Å². The zero-order valence-electron chi connectivity index (χ0n) is 12.5. The molecule has 1 aromatic carbocycles. The van der Waals surface area contributed by atoms with Crippen LogP contribution in [0.3, 0.4) is 0 Å². The molecule has 0 aliphatic heterocycles. The van der Waals surface area contributed by atoms with Crippen molar-refractivity contribution >= 4 is 10.0 Å². The molecule has 0 unspecified atom stereocenters. The number of aliphatic hydroxyl groups is 1. The van der Waals surface area contributed by atoms with Crippen LogP contribution >= 0.6 is 0 Å². The van der Waals surface area contributed by atoms with Crippen molar-refractivity contribution in [3.63, 3.8) is 0 Å². The molecule has 0 bridgehead atoms. The molecule has 6 heteroatoms. The molecule has 0 aromatic heterocycles. The van der Waals surface area contributed by atoms with Gasteiger partial charge in [0.2, 0.25) is 10.0 Å². The van der Waals surface area contributed by atoms with Crippen LogP contribution in [0.25, 0.3) is 0 Å². The molecule has 21 heavy (non-hydrogen) atoms. The Hall–Kier alpha value is -1.39. The molecule has 1 rings (SSSR count). The minimum absolute atomic E-state index is 0.0382. The lowest BCUT2D eigenvalue weighted by atomic mass is 10.2. The van der Waals surface area contributed by atoms with Crippen molar-refractivity contribution in [3.05, 3.63) is 29.8 Å². The van der Waals surface area contributed by atoms with E-state index in [-0.39, 0.29) is 11.5 Å². The van der Waals surface area contributed by atoms with Gasteiger partial charge in [-0.15, -0.1) is 0 Å². The highest BCUT2D eigenvalue weighted by Gasteiger charge is 2.16. The molecule has 0 atom stereocenters. The van der Waals surface area contributed by atoms with E-state index in [0.717, 1.165) is 6.54 Å². The third-order valence-corrected chi connectivity index (χ3v) is 4.48. The van der Waals surface area contributed by atoms with Crippen molar-refractivity contribution in [1.82, 2.24) is 9.62 Å². The third-order valence-electron chi connectivity index (χ3n) is 2.96. The quantitative estimate of drug-likeness (QED) is 0.726. The van der Waals surface area contributed by atoms with Crippen molar-refractivity contribution in [2.24, 2.45) is 0 Å². The average Bonchev–Trinajstić information content (AvgIpc) is 2.47. The summed E-state index contributed by atoms with van der Waals surface area (Å²) in [7, 11) is -1.64. The second-order valence-corrected chi connectivity index (χ2v) is 6.30. The van der Waals surface area contributed by atoms with Gasteiger partial charge < -0.3 is 10.0 Å². The Labute approximate surface area is 127 Å². The lowest BCUT2D eigenvalue weighted by Gasteiger charge is -2.14. The predicted molar refractivity (Wildman–Crippen MR) is 83.4 cm³/mol. The predicted octanol–water partition coefficient (Wildman–Crippen LogP) is 0.650. The fraction of sp³-hybridized carbons (Fsp3) is 0.467. The Morgan fingerprint density at radius 2 is 2.05 bits per heavy atom. The first-order chi connectivity index (χ1) is 10.0. The lowest BCUT2D eigenvalue weighted by Crippen LogP contribution is -2.33. The number of hydrogen-bond acceptors (Lipinski definition) is 4. The largest absolute Gasteiger partial charge is 0.395 e. The summed E-state index contributed by atoms with van der Waals surface area (Å²) in [6.45, 7) is 3.84. The van der Waals surface area contributed by atoms with Gasteiger partial charge in [-0.3, -0.25) is 0 Å². The number of sulfonamides is 1. The first kappa shape index (κ1) is 17.7. The summed E-state index contributed by atoms with van der Waals surface area (Å²) in [6.07, 6.45) is 0.323. The summed E-state index contributed by atoms with van der Waals surface area (Å²) < 4.78 is 27.2. The van der Waals surface area contributed by atoms with Gasteiger partial charge in [-0.1, -0.05) is 30.9 Å². The molecule has 116 valence electrons. The first-order valence-electron chi connectivity index (χ1n) is 6.88. The highest BCUT2D eigenvalue weighted by atomic mass is 32.2. The molecule has 5 nitrogen and oxygen atoms in total. The Morgan fingerprint density at radius 1 is 1.33 bits per heavy atom. The molecule has 0 saturated heterocycles. The van der Waals surface area contributed by atoms with Crippen LogP contribution in [-0.4, -0.2) is 51.7 Å². The highest BCUT2D eigenvalue weighted by molar-refractivity contribution is 7.89. The van der Waals surface area contributed by atoms with Crippen LogP contribution in [0.15, 0.2) is 29.2 Å². The van der Waals surface area contributed by atoms with Gasteiger partial charge >= 0.3 is 0 Å². The fourth-order valence-corrected chi connectivity index (χ4v) is 2.81. The van der Waals surface area contributed by atoms with Crippen molar-refractivity contribution in [3.8, 4) is 11.8 Å².